The van der Waals surface area contributed by atoms with E-state index in [-0.39, 0.29) is 17.1 Å². The maximum absolute atomic E-state index is 13.7. The third kappa shape index (κ3) is 4.70. The topological polar surface area (TPSA) is 75.0 Å². The SMILES string of the molecule is COc1ccc(C=CC(=O)c2cc(F)ccc2OC(=O)c2ccco2)cc1OC. The summed E-state index contributed by atoms with van der Waals surface area (Å²) in [6.07, 6.45) is 4.10. The van der Waals surface area contributed by atoms with Crippen molar-refractivity contribution in [1.82, 2.24) is 0 Å². The van der Waals surface area contributed by atoms with Crippen LogP contribution in [0.1, 0.15) is 26.5 Å². The van der Waals surface area contributed by atoms with E-state index in [0.717, 1.165) is 12.1 Å². The van der Waals surface area contributed by atoms with Crippen LogP contribution in [0.4, 0.5) is 4.39 Å². The highest BCUT2D eigenvalue weighted by Gasteiger charge is 2.17. The Hall–Kier alpha value is -3.87. The summed E-state index contributed by atoms with van der Waals surface area (Å²) in [5, 5.41) is 0. The van der Waals surface area contributed by atoms with E-state index in [1.54, 1.807) is 18.2 Å². The highest BCUT2D eigenvalue weighted by Crippen LogP contribution is 2.28. The zero-order valence-electron chi connectivity index (χ0n) is 15.7. The molecule has 0 aliphatic carbocycles. The van der Waals surface area contributed by atoms with Crippen molar-refractivity contribution in [2.24, 2.45) is 0 Å². The first-order valence-corrected chi connectivity index (χ1v) is 8.51. The second-order valence-electron chi connectivity index (χ2n) is 5.82. The van der Waals surface area contributed by atoms with E-state index >= 15 is 0 Å². The Morgan fingerprint density at radius 1 is 0.966 bits per heavy atom. The van der Waals surface area contributed by atoms with Crippen molar-refractivity contribution < 1.29 is 32.6 Å². The zero-order chi connectivity index (χ0) is 20.8. The van der Waals surface area contributed by atoms with Gasteiger partial charge in [0.25, 0.3) is 0 Å². The highest BCUT2D eigenvalue weighted by atomic mass is 19.1. The number of hydrogen-bond acceptors (Lipinski definition) is 6. The van der Waals surface area contributed by atoms with Gasteiger partial charge in [0.05, 0.1) is 26.0 Å². The van der Waals surface area contributed by atoms with Gasteiger partial charge in [-0.3, -0.25) is 4.79 Å². The number of hydrogen-bond donors (Lipinski definition) is 0. The van der Waals surface area contributed by atoms with Crippen molar-refractivity contribution in [3.8, 4) is 17.2 Å². The number of allylic oxidation sites excluding steroid dienone is 1. The molecule has 0 saturated carbocycles. The Labute approximate surface area is 166 Å². The molecule has 148 valence electrons. The van der Waals surface area contributed by atoms with E-state index in [0.29, 0.717) is 17.1 Å². The number of carbonyl (C=O) groups is 2. The smallest absolute Gasteiger partial charge is 0.379 e. The Morgan fingerprint density at radius 3 is 2.41 bits per heavy atom. The van der Waals surface area contributed by atoms with Crippen LogP contribution in [0.15, 0.2) is 65.3 Å². The van der Waals surface area contributed by atoms with E-state index in [1.165, 1.54) is 50.8 Å². The van der Waals surface area contributed by atoms with Gasteiger partial charge >= 0.3 is 5.97 Å². The van der Waals surface area contributed by atoms with Gasteiger partial charge in [-0.25, -0.2) is 9.18 Å². The van der Waals surface area contributed by atoms with E-state index in [1.807, 2.05) is 0 Å². The minimum absolute atomic E-state index is 0.0337. The van der Waals surface area contributed by atoms with Crippen LogP contribution in [-0.4, -0.2) is 26.0 Å². The fourth-order valence-corrected chi connectivity index (χ4v) is 2.55. The molecular weight excluding hydrogens is 379 g/mol. The molecule has 0 atom stereocenters. The van der Waals surface area contributed by atoms with Crippen molar-refractivity contribution in [2.45, 2.75) is 0 Å². The van der Waals surface area contributed by atoms with E-state index in [2.05, 4.69) is 0 Å². The number of ether oxygens (including phenoxy) is 3. The normalized spacial score (nSPS) is 10.7. The number of halogens is 1. The monoisotopic (exact) mass is 396 g/mol. The molecule has 0 N–H and O–H groups in total. The summed E-state index contributed by atoms with van der Waals surface area (Å²) in [6, 6.07) is 11.4. The first-order chi connectivity index (χ1) is 14.0. The van der Waals surface area contributed by atoms with Crippen molar-refractivity contribution in [3.05, 3.63) is 83.6 Å². The Kier molecular flexibility index (Phi) is 6.09. The van der Waals surface area contributed by atoms with E-state index in [9.17, 15) is 14.0 Å². The van der Waals surface area contributed by atoms with Crippen LogP contribution in [0.3, 0.4) is 0 Å². The summed E-state index contributed by atoms with van der Waals surface area (Å²) < 4.78 is 34.3. The van der Waals surface area contributed by atoms with Gasteiger partial charge in [0.2, 0.25) is 5.76 Å². The Balaban J connectivity index is 1.84. The average molecular weight is 396 g/mol. The van der Waals surface area contributed by atoms with Gasteiger partial charge in [0.1, 0.15) is 11.6 Å². The van der Waals surface area contributed by atoms with Gasteiger partial charge in [-0.15, -0.1) is 0 Å². The summed E-state index contributed by atoms with van der Waals surface area (Å²) in [5.41, 5.74) is 0.572. The molecule has 0 fully saturated rings. The molecule has 1 heterocycles. The lowest BCUT2D eigenvalue weighted by atomic mass is 10.1. The largest absolute Gasteiger partial charge is 0.493 e. The fourth-order valence-electron chi connectivity index (χ4n) is 2.55. The number of rotatable bonds is 7. The molecule has 6 nitrogen and oxygen atoms in total. The molecule has 0 amide bonds. The predicted molar refractivity (Wildman–Crippen MR) is 103 cm³/mol. The quantitative estimate of drug-likeness (QED) is 0.252. The molecule has 0 bridgehead atoms. The van der Waals surface area contributed by atoms with Crippen LogP contribution in [0, 0.1) is 5.82 Å². The molecular formula is C22H17FO6. The van der Waals surface area contributed by atoms with Crippen molar-refractivity contribution in [2.75, 3.05) is 14.2 Å². The average Bonchev–Trinajstić information content (AvgIpc) is 3.28. The first-order valence-electron chi connectivity index (χ1n) is 8.51. The van der Waals surface area contributed by atoms with Gasteiger partial charge in [0, 0.05) is 0 Å². The molecule has 0 aliphatic heterocycles. The van der Waals surface area contributed by atoms with Crippen LogP contribution in [0.5, 0.6) is 17.2 Å². The third-order valence-corrected chi connectivity index (χ3v) is 3.97. The molecule has 29 heavy (non-hydrogen) atoms. The Bertz CT molecular complexity index is 1050. The molecule has 7 heteroatoms. The number of methoxy groups -OCH3 is 2. The maximum atomic E-state index is 13.7. The van der Waals surface area contributed by atoms with Gasteiger partial charge in [-0.2, -0.15) is 0 Å². The summed E-state index contributed by atoms with van der Waals surface area (Å²) in [4.78, 5) is 24.7. The van der Waals surface area contributed by atoms with Crippen LogP contribution in [0.25, 0.3) is 6.08 Å². The lowest BCUT2D eigenvalue weighted by Crippen LogP contribution is -2.10. The van der Waals surface area contributed by atoms with Crippen LogP contribution in [-0.2, 0) is 0 Å². The summed E-state index contributed by atoms with van der Waals surface area (Å²) >= 11 is 0. The van der Waals surface area contributed by atoms with Gasteiger partial charge < -0.3 is 18.6 Å². The minimum atomic E-state index is -0.792. The molecule has 0 unspecified atom stereocenters. The number of esters is 1. The van der Waals surface area contributed by atoms with Gasteiger partial charge in [-0.1, -0.05) is 12.1 Å². The number of ketones is 1. The second-order valence-corrected chi connectivity index (χ2v) is 5.82. The molecule has 1 aromatic heterocycles. The molecule has 2 aromatic carbocycles. The lowest BCUT2D eigenvalue weighted by molar-refractivity contribution is 0.0699. The minimum Gasteiger partial charge on any atom is -0.493 e. The first kappa shape index (κ1) is 19.9. The van der Waals surface area contributed by atoms with Crippen LogP contribution in [0.2, 0.25) is 0 Å². The second kappa shape index (κ2) is 8.88. The van der Waals surface area contributed by atoms with Crippen LogP contribution < -0.4 is 14.2 Å². The molecule has 3 aromatic rings. The third-order valence-electron chi connectivity index (χ3n) is 3.97. The summed E-state index contributed by atoms with van der Waals surface area (Å²) in [7, 11) is 3.02. The standard InChI is InChI=1S/C22H17FO6/c1-26-19-9-6-14(12-21(19)27-2)5-8-17(24)16-13-15(23)7-10-18(16)29-22(25)20-4-3-11-28-20/h3-13H,1-2H3. The van der Waals surface area contributed by atoms with E-state index < -0.39 is 17.6 Å². The number of furan rings is 1. The summed E-state index contributed by atoms with van der Waals surface area (Å²) in [5.74, 6) is -1.02. The van der Waals surface area contributed by atoms with Crippen molar-refractivity contribution >= 4 is 17.8 Å². The number of benzene rings is 2. The maximum Gasteiger partial charge on any atom is 0.379 e. The molecule has 0 radical (unpaired) electrons. The van der Waals surface area contributed by atoms with Crippen LogP contribution >= 0.6 is 0 Å². The molecule has 3 rings (SSSR count). The van der Waals surface area contributed by atoms with Gasteiger partial charge in [0.15, 0.2) is 17.3 Å². The number of carbonyl (C=O) groups excluding carboxylic acids is 2. The molecule has 0 saturated heterocycles. The van der Waals surface area contributed by atoms with Crippen molar-refractivity contribution in [3.63, 3.8) is 0 Å². The van der Waals surface area contributed by atoms with Crippen molar-refractivity contribution in [1.29, 1.82) is 0 Å². The zero-order valence-corrected chi connectivity index (χ0v) is 15.7. The Morgan fingerprint density at radius 2 is 1.72 bits per heavy atom. The lowest BCUT2D eigenvalue weighted by Gasteiger charge is -2.08. The molecule has 0 aliphatic rings. The van der Waals surface area contributed by atoms with Gasteiger partial charge in [-0.05, 0) is 54.1 Å². The summed E-state index contributed by atoms with van der Waals surface area (Å²) in [6.45, 7) is 0. The predicted octanol–water partition coefficient (Wildman–Crippen LogP) is 4.55. The van der Waals surface area contributed by atoms with E-state index in [4.69, 9.17) is 18.6 Å². The highest BCUT2D eigenvalue weighted by molar-refractivity contribution is 6.09. The fraction of sp³-hybridized carbons (Fsp3) is 0.0909. The molecule has 0 spiro atoms.